The molecule has 16 heavy (non-hydrogen) atoms. The van der Waals surface area contributed by atoms with Crippen molar-refractivity contribution in [2.24, 2.45) is 0 Å². The molecule has 0 N–H and O–H groups in total. The number of halogens is 1. The van der Waals surface area contributed by atoms with Gasteiger partial charge in [0.1, 0.15) is 5.82 Å². The van der Waals surface area contributed by atoms with Crippen LogP contribution in [0.3, 0.4) is 0 Å². The number of anilines is 1. The van der Waals surface area contributed by atoms with Crippen LogP contribution in [0.4, 0.5) is 5.82 Å². The predicted molar refractivity (Wildman–Crippen MR) is 70.2 cm³/mol. The van der Waals surface area contributed by atoms with Crippen LogP contribution in [0.5, 0.6) is 0 Å². The van der Waals surface area contributed by atoms with Gasteiger partial charge >= 0.3 is 0 Å². The topological polar surface area (TPSA) is 19.4 Å². The van der Waals surface area contributed by atoms with E-state index in [9.17, 15) is 0 Å². The molecule has 0 aliphatic carbocycles. The monoisotopic (exact) mass is 241 g/mol. The summed E-state index contributed by atoms with van der Waals surface area (Å²) in [6.45, 7) is 2.11. The second-order valence-corrected chi connectivity index (χ2v) is 4.47. The van der Waals surface area contributed by atoms with Gasteiger partial charge in [0.15, 0.2) is 0 Å². The molecule has 0 saturated carbocycles. The van der Waals surface area contributed by atoms with Crippen LogP contribution in [0.25, 0.3) is 0 Å². The molecule has 1 aromatic rings. The number of alkyl halides is 1. The normalized spacial score (nSPS) is 10.8. The number of rotatable bonds is 6. The van der Waals surface area contributed by atoms with E-state index in [0.29, 0.717) is 5.88 Å². The van der Waals surface area contributed by atoms with Gasteiger partial charge in [0.05, 0.1) is 11.6 Å². The lowest BCUT2D eigenvalue weighted by atomic mass is 10.3. The molecule has 1 heterocycles. The van der Waals surface area contributed by atoms with Crippen molar-refractivity contribution < 1.29 is 0 Å². The third-order valence-corrected chi connectivity index (χ3v) is 2.69. The zero-order chi connectivity index (χ0) is 12.0. The van der Waals surface area contributed by atoms with E-state index < -0.39 is 0 Å². The van der Waals surface area contributed by atoms with Crippen LogP contribution in [-0.4, -0.2) is 44.1 Å². The summed E-state index contributed by atoms with van der Waals surface area (Å²) in [6.07, 6.45) is 1.14. The minimum atomic E-state index is 0.472. The smallest absolute Gasteiger partial charge is 0.128 e. The van der Waals surface area contributed by atoms with Crippen molar-refractivity contribution in [3.8, 4) is 0 Å². The van der Waals surface area contributed by atoms with Crippen molar-refractivity contribution >= 4 is 17.4 Å². The zero-order valence-corrected chi connectivity index (χ0v) is 11.0. The maximum atomic E-state index is 5.76. The number of aromatic nitrogens is 1. The number of hydrogen-bond donors (Lipinski definition) is 0. The van der Waals surface area contributed by atoms with Crippen LogP contribution in [0.15, 0.2) is 18.2 Å². The number of hydrogen-bond acceptors (Lipinski definition) is 3. The maximum Gasteiger partial charge on any atom is 0.128 e. The fourth-order valence-corrected chi connectivity index (χ4v) is 1.64. The lowest BCUT2D eigenvalue weighted by Crippen LogP contribution is -2.24. The molecule has 0 aromatic carbocycles. The average molecular weight is 242 g/mol. The second kappa shape index (κ2) is 6.71. The van der Waals surface area contributed by atoms with Gasteiger partial charge in [-0.1, -0.05) is 6.07 Å². The third kappa shape index (κ3) is 4.37. The largest absolute Gasteiger partial charge is 0.360 e. The molecule has 4 heteroatoms. The van der Waals surface area contributed by atoms with Crippen molar-refractivity contribution in [3.63, 3.8) is 0 Å². The van der Waals surface area contributed by atoms with Gasteiger partial charge in [-0.15, -0.1) is 11.6 Å². The molecule has 1 rings (SSSR count). The summed E-state index contributed by atoms with van der Waals surface area (Å²) >= 11 is 5.76. The van der Waals surface area contributed by atoms with Gasteiger partial charge in [-0.2, -0.15) is 0 Å². The fourth-order valence-electron chi connectivity index (χ4n) is 1.49. The molecule has 0 unspecified atom stereocenters. The summed E-state index contributed by atoms with van der Waals surface area (Å²) in [5, 5.41) is 0. The Hall–Kier alpha value is -0.800. The second-order valence-electron chi connectivity index (χ2n) is 4.20. The van der Waals surface area contributed by atoms with Gasteiger partial charge < -0.3 is 9.80 Å². The van der Waals surface area contributed by atoms with E-state index in [-0.39, 0.29) is 0 Å². The van der Waals surface area contributed by atoms with Crippen molar-refractivity contribution in [3.05, 3.63) is 23.9 Å². The molecule has 0 aliphatic heterocycles. The first-order chi connectivity index (χ1) is 7.63. The van der Waals surface area contributed by atoms with Gasteiger partial charge in [0, 0.05) is 13.6 Å². The molecule has 0 fully saturated rings. The van der Waals surface area contributed by atoms with E-state index in [4.69, 9.17) is 11.6 Å². The molecule has 0 amide bonds. The van der Waals surface area contributed by atoms with Gasteiger partial charge in [0.25, 0.3) is 0 Å². The Morgan fingerprint density at radius 3 is 2.56 bits per heavy atom. The highest BCUT2D eigenvalue weighted by Gasteiger charge is 2.03. The Morgan fingerprint density at radius 2 is 1.94 bits per heavy atom. The Bertz CT molecular complexity index is 315. The number of nitrogens with zero attached hydrogens (tertiary/aromatic N) is 3. The average Bonchev–Trinajstić information content (AvgIpc) is 2.28. The van der Waals surface area contributed by atoms with Gasteiger partial charge in [-0.05, 0) is 39.2 Å². The summed E-state index contributed by atoms with van der Waals surface area (Å²) in [6, 6.07) is 5.97. The first-order valence-electron chi connectivity index (χ1n) is 5.51. The van der Waals surface area contributed by atoms with Crippen LogP contribution in [0.2, 0.25) is 0 Å². The van der Waals surface area contributed by atoms with Gasteiger partial charge in [0.2, 0.25) is 0 Å². The summed E-state index contributed by atoms with van der Waals surface area (Å²) in [5.74, 6) is 1.47. The maximum absolute atomic E-state index is 5.76. The standard InChI is InChI=1S/C12H20ClN3/c1-15(2)8-5-9-16(3)12-7-4-6-11(10-13)14-12/h4,6-7H,5,8-10H2,1-3H3. The van der Waals surface area contributed by atoms with Crippen LogP contribution < -0.4 is 4.90 Å². The summed E-state index contributed by atoms with van der Waals surface area (Å²) < 4.78 is 0. The van der Waals surface area contributed by atoms with Crippen LogP contribution in [0, 0.1) is 0 Å². The molecule has 1 aromatic heterocycles. The first kappa shape index (κ1) is 13.3. The molecular weight excluding hydrogens is 222 g/mol. The summed E-state index contributed by atoms with van der Waals surface area (Å²) in [5.41, 5.74) is 0.929. The summed E-state index contributed by atoms with van der Waals surface area (Å²) in [4.78, 5) is 8.83. The quantitative estimate of drug-likeness (QED) is 0.712. The van der Waals surface area contributed by atoms with Gasteiger partial charge in [-0.3, -0.25) is 0 Å². The molecule has 0 bridgehead atoms. The van der Waals surface area contributed by atoms with Crippen LogP contribution in [0.1, 0.15) is 12.1 Å². The zero-order valence-electron chi connectivity index (χ0n) is 10.3. The highest BCUT2D eigenvalue weighted by Crippen LogP contribution is 2.11. The van der Waals surface area contributed by atoms with E-state index in [1.54, 1.807) is 0 Å². The third-order valence-electron chi connectivity index (χ3n) is 2.42. The first-order valence-corrected chi connectivity index (χ1v) is 6.04. The molecule has 3 nitrogen and oxygen atoms in total. The van der Waals surface area contributed by atoms with E-state index in [0.717, 1.165) is 31.0 Å². The lowest BCUT2D eigenvalue weighted by Gasteiger charge is -2.19. The minimum absolute atomic E-state index is 0.472. The molecule has 0 saturated heterocycles. The molecule has 0 radical (unpaired) electrons. The Balaban J connectivity index is 2.48. The van der Waals surface area contributed by atoms with Crippen molar-refractivity contribution in [1.29, 1.82) is 0 Å². The Labute approximate surface area is 103 Å². The predicted octanol–water partition coefficient (Wildman–Crippen LogP) is 2.21. The molecule has 0 aliphatic rings. The van der Waals surface area contributed by atoms with Crippen LogP contribution >= 0.6 is 11.6 Å². The summed E-state index contributed by atoms with van der Waals surface area (Å²) in [7, 11) is 6.24. The minimum Gasteiger partial charge on any atom is -0.360 e. The molecule has 90 valence electrons. The van der Waals surface area contributed by atoms with Crippen molar-refractivity contribution in [1.82, 2.24) is 9.88 Å². The molecule has 0 atom stereocenters. The Morgan fingerprint density at radius 1 is 1.19 bits per heavy atom. The molecular formula is C12H20ClN3. The Kier molecular flexibility index (Phi) is 5.56. The lowest BCUT2D eigenvalue weighted by molar-refractivity contribution is 0.401. The van der Waals surface area contributed by atoms with E-state index >= 15 is 0 Å². The highest BCUT2D eigenvalue weighted by molar-refractivity contribution is 6.16. The fraction of sp³-hybridized carbons (Fsp3) is 0.583. The van der Waals surface area contributed by atoms with E-state index in [1.165, 1.54) is 0 Å². The highest BCUT2D eigenvalue weighted by atomic mass is 35.5. The van der Waals surface area contributed by atoms with Gasteiger partial charge in [-0.25, -0.2) is 4.98 Å². The SMILES string of the molecule is CN(C)CCCN(C)c1cccc(CCl)n1. The van der Waals surface area contributed by atoms with Crippen molar-refractivity contribution in [2.75, 3.05) is 39.1 Å². The van der Waals surface area contributed by atoms with E-state index in [1.807, 2.05) is 18.2 Å². The van der Waals surface area contributed by atoms with Crippen LogP contribution in [-0.2, 0) is 5.88 Å². The number of pyridine rings is 1. The van der Waals surface area contributed by atoms with Crippen molar-refractivity contribution in [2.45, 2.75) is 12.3 Å². The van der Waals surface area contributed by atoms with E-state index in [2.05, 4.69) is 35.9 Å². The molecule has 0 spiro atoms.